The van der Waals surface area contributed by atoms with E-state index in [2.05, 4.69) is 56.4 Å². The Hall–Kier alpha value is -2.60. The van der Waals surface area contributed by atoms with Crippen molar-refractivity contribution in [1.29, 1.82) is 0 Å². The topological polar surface area (TPSA) is 152 Å². The van der Waals surface area contributed by atoms with Crippen LogP contribution >= 0.6 is 0 Å². The molecule has 1 aliphatic heterocycles. The molecule has 0 saturated carbocycles. The largest absolute Gasteiger partial charge is 0.462 e. The van der Waals surface area contributed by atoms with Gasteiger partial charge in [0.05, 0.1) is 19.6 Å². The van der Waals surface area contributed by atoms with Crippen LogP contribution in [0.25, 0.3) is 0 Å². The van der Waals surface area contributed by atoms with E-state index >= 15 is 0 Å². The molecule has 0 bridgehead atoms. The summed E-state index contributed by atoms with van der Waals surface area (Å²) < 4.78 is 22.1. The third kappa shape index (κ3) is 34.7. The fourth-order valence-corrected chi connectivity index (χ4v) is 7.68. The maximum absolute atomic E-state index is 12.7. The molecule has 0 aromatic rings. The molecular formula is C54H94O10. The first kappa shape index (κ1) is 59.4. The van der Waals surface area contributed by atoms with E-state index in [0.29, 0.717) is 12.8 Å². The highest BCUT2D eigenvalue weighted by atomic mass is 16.7. The number of allylic oxidation sites excluding steroid dienone is 9. The zero-order valence-corrected chi connectivity index (χ0v) is 40.5. The van der Waals surface area contributed by atoms with Crippen molar-refractivity contribution < 1.29 is 49.0 Å². The Morgan fingerprint density at radius 1 is 0.500 bits per heavy atom. The molecule has 0 radical (unpaired) electrons. The fraction of sp³-hybridized carbons (Fsp3) is 0.778. The van der Waals surface area contributed by atoms with E-state index in [1.54, 1.807) is 6.08 Å². The van der Waals surface area contributed by atoms with Crippen LogP contribution in [-0.2, 0) is 28.5 Å². The minimum Gasteiger partial charge on any atom is -0.462 e. The molecule has 1 aliphatic rings. The fourth-order valence-electron chi connectivity index (χ4n) is 7.68. The van der Waals surface area contributed by atoms with Crippen molar-refractivity contribution >= 4 is 11.9 Å². The van der Waals surface area contributed by atoms with Gasteiger partial charge in [0.1, 0.15) is 31.0 Å². The summed E-state index contributed by atoms with van der Waals surface area (Å²) in [5.74, 6) is -0.949. The number of ether oxygens (including phenoxy) is 4. The Bertz CT molecular complexity index is 1230. The lowest BCUT2D eigenvalue weighted by molar-refractivity contribution is -0.305. The van der Waals surface area contributed by atoms with Crippen molar-refractivity contribution in [2.75, 3.05) is 19.8 Å². The van der Waals surface area contributed by atoms with Gasteiger partial charge in [0.2, 0.25) is 0 Å². The molecule has 0 amide bonds. The van der Waals surface area contributed by atoms with Crippen molar-refractivity contribution in [1.82, 2.24) is 0 Å². The molecule has 6 unspecified atom stereocenters. The summed E-state index contributed by atoms with van der Waals surface area (Å²) in [6.07, 6.45) is 48.5. The average molecular weight is 903 g/mol. The molecule has 0 aromatic carbocycles. The molecule has 10 nitrogen and oxygen atoms in total. The third-order valence-electron chi connectivity index (χ3n) is 11.7. The van der Waals surface area contributed by atoms with Gasteiger partial charge in [-0.25, -0.2) is 0 Å². The normalized spacial score (nSPS) is 19.9. The van der Waals surface area contributed by atoms with Crippen molar-refractivity contribution in [3.05, 3.63) is 60.8 Å². The lowest BCUT2D eigenvalue weighted by Gasteiger charge is -2.39. The van der Waals surface area contributed by atoms with Crippen molar-refractivity contribution in [2.45, 2.75) is 250 Å². The highest BCUT2D eigenvalue weighted by Crippen LogP contribution is 2.23. The summed E-state index contributed by atoms with van der Waals surface area (Å²) in [7, 11) is 0. The summed E-state index contributed by atoms with van der Waals surface area (Å²) in [6.45, 7) is 3.23. The van der Waals surface area contributed by atoms with Crippen molar-refractivity contribution in [2.24, 2.45) is 0 Å². The van der Waals surface area contributed by atoms with Gasteiger partial charge in [-0.1, -0.05) is 222 Å². The van der Waals surface area contributed by atoms with Crippen LogP contribution in [0.3, 0.4) is 0 Å². The highest BCUT2D eigenvalue weighted by molar-refractivity contribution is 5.71. The van der Waals surface area contributed by atoms with Gasteiger partial charge in [-0.2, -0.15) is 0 Å². The second-order valence-corrected chi connectivity index (χ2v) is 17.6. The first-order valence-electron chi connectivity index (χ1n) is 25.9. The van der Waals surface area contributed by atoms with Crippen LogP contribution in [-0.4, -0.2) is 89.0 Å². The zero-order chi connectivity index (χ0) is 46.6. The van der Waals surface area contributed by atoms with Gasteiger partial charge >= 0.3 is 11.9 Å². The Morgan fingerprint density at radius 3 is 1.33 bits per heavy atom. The lowest BCUT2D eigenvalue weighted by atomic mass is 9.99. The lowest BCUT2D eigenvalue weighted by Crippen LogP contribution is -2.59. The van der Waals surface area contributed by atoms with Gasteiger partial charge in [-0.05, 0) is 38.5 Å². The monoisotopic (exact) mass is 903 g/mol. The van der Waals surface area contributed by atoms with E-state index in [0.717, 1.165) is 38.5 Å². The number of carbonyl (C=O) groups is 2. The van der Waals surface area contributed by atoms with E-state index < -0.39 is 55.4 Å². The van der Waals surface area contributed by atoms with Crippen LogP contribution in [0.2, 0.25) is 0 Å². The van der Waals surface area contributed by atoms with Gasteiger partial charge in [0.15, 0.2) is 12.4 Å². The second kappa shape index (κ2) is 44.2. The summed E-state index contributed by atoms with van der Waals surface area (Å²) in [4.78, 5) is 25.4. The molecule has 4 N–H and O–H groups in total. The molecule has 0 spiro atoms. The maximum Gasteiger partial charge on any atom is 0.310 e. The SMILES string of the molecule is CC/C=C\C/C=C\C/C=C\C/C=C\C/C=C\CC(=O)OC(COC(=O)CCCCCCCCCCCCCCCCCCCCCCCCCC)COC1OC(CO)C(O)C(O)C1O. The smallest absolute Gasteiger partial charge is 0.310 e. The number of hydrogen-bond donors (Lipinski definition) is 4. The molecule has 6 atom stereocenters. The molecule has 1 heterocycles. The van der Waals surface area contributed by atoms with Gasteiger partial charge in [-0.15, -0.1) is 0 Å². The molecule has 370 valence electrons. The Labute approximate surface area is 390 Å². The van der Waals surface area contributed by atoms with Crippen LogP contribution in [0.4, 0.5) is 0 Å². The quantitative estimate of drug-likeness (QED) is 0.0264. The Kier molecular flexibility index (Phi) is 41.1. The predicted molar refractivity (Wildman–Crippen MR) is 261 cm³/mol. The zero-order valence-electron chi connectivity index (χ0n) is 40.5. The number of aliphatic hydroxyl groups excluding tert-OH is 4. The molecule has 1 rings (SSSR count). The first-order chi connectivity index (χ1) is 31.3. The van der Waals surface area contributed by atoms with E-state index in [1.165, 1.54) is 135 Å². The minimum absolute atomic E-state index is 0.00243. The summed E-state index contributed by atoms with van der Waals surface area (Å²) in [6, 6.07) is 0. The number of carbonyl (C=O) groups excluding carboxylic acids is 2. The number of rotatable bonds is 43. The van der Waals surface area contributed by atoms with Gasteiger partial charge in [0, 0.05) is 6.42 Å². The predicted octanol–water partition coefficient (Wildman–Crippen LogP) is 12.2. The van der Waals surface area contributed by atoms with E-state index in [1.807, 2.05) is 12.2 Å². The van der Waals surface area contributed by atoms with Gasteiger partial charge in [0.25, 0.3) is 0 Å². The van der Waals surface area contributed by atoms with Crippen LogP contribution < -0.4 is 0 Å². The molecule has 0 aliphatic carbocycles. The molecule has 64 heavy (non-hydrogen) atoms. The van der Waals surface area contributed by atoms with Crippen LogP contribution in [0.15, 0.2) is 60.8 Å². The van der Waals surface area contributed by atoms with Gasteiger partial charge < -0.3 is 39.4 Å². The molecule has 1 fully saturated rings. The summed E-state index contributed by atoms with van der Waals surface area (Å²) in [5, 5.41) is 40.1. The summed E-state index contributed by atoms with van der Waals surface area (Å²) >= 11 is 0. The summed E-state index contributed by atoms with van der Waals surface area (Å²) in [5.41, 5.74) is 0. The van der Waals surface area contributed by atoms with E-state index in [-0.39, 0.29) is 26.1 Å². The Morgan fingerprint density at radius 2 is 0.906 bits per heavy atom. The second-order valence-electron chi connectivity index (χ2n) is 17.6. The highest BCUT2D eigenvalue weighted by Gasteiger charge is 2.44. The molecule has 1 saturated heterocycles. The molecule has 10 heteroatoms. The molecular weight excluding hydrogens is 809 g/mol. The number of aliphatic hydroxyl groups is 4. The maximum atomic E-state index is 12.7. The van der Waals surface area contributed by atoms with Crippen LogP contribution in [0, 0.1) is 0 Å². The molecule has 0 aromatic heterocycles. The van der Waals surface area contributed by atoms with Gasteiger partial charge in [-0.3, -0.25) is 9.59 Å². The van der Waals surface area contributed by atoms with Crippen molar-refractivity contribution in [3.8, 4) is 0 Å². The first-order valence-corrected chi connectivity index (χ1v) is 25.9. The third-order valence-corrected chi connectivity index (χ3v) is 11.7. The average Bonchev–Trinajstić information content (AvgIpc) is 3.29. The minimum atomic E-state index is -1.61. The standard InChI is InChI=1S/C54H94O10/c1-3-5-7-9-11-13-15-17-19-20-21-22-23-24-25-26-27-29-30-32-34-36-38-40-42-49(56)61-45-47(46-62-54-53(60)52(59)51(58)48(44-55)64-54)63-50(57)43-41-39-37-35-33-31-28-18-16-14-12-10-8-6-4-2/h6,8,12,14,18,28,33,35,39,41,47-48,51-55,58-60H,3-5,7,9-11,13,15-17,19-27,29-32,34,36-38,40,42-46H2,1-2H3/b8-6-,14-12-,28-18-,35-33-,41-39-. The van der Waals surface area contributed by atoms with E-state index in [4.69, 9.17) is 18.9 Å². The number of hydrogen-bond acceptors (Lipinski definition) is 10. The van der Waals surface area contributed by atoms with Crippen molar-refractivity contribution in [3.63, 3.8) is 0 Å². The van der Waals surface area contributed by atoms with E-state index in [9.17, 15) is 30.0 Å². The number of esters is 2. The van der Waals surface area contributed by atoms with Crippen LogP contribution in [0.1, 0.15) is 213 Å². The Balaban J connectivity index is 2.25. The number of unbranched alkanes of at least 4 members (excludes halogenated alkanes) is 23. The van der Waals surface area contributed by atoms with Crippen LogP contribution in [0.5, 0.6) is 0 Å².